The van der Waals surface area contributed by atoms with Crippen molar-refractivity contribution in [2.45, 2.75) is 46.6 Å². The van der Waals surface area contributed by atoms with Gasteiger partial charge in [-0.1, -0.05) is 6.07 Å². The fraction of sp³-hybridized carbons (Fsp3) is 0.429. The highest BCUT2D eigenvalue weighted by molar-refractivity contribution is 5.95. The molecule has 9 heteroatoms. The van der Waals surface area contributed by atoms with E-state index in [1.54, 1.807) is 25.6 Å². The molecule has 0 radical (unpaired) electrons. The number of aromatic nitrogens is 2. The van der Waals surface area contributed by atoms with Crippen LogP contribution in [0.3, 0.4) is 0 Å². The second kappa shape index (κ2) is 10.4. The van der Waals surface area contributed by atoms with Gasteiger partial charge in [-0.25, -0.2) is 9.48 Å². The number of aryl methyl sites for hydroxylation is 1. The summed E-state index contributed by atoms with van der Waals surface area (Å²) in [6, 6.07) is 6.81. The van der Waals surface area contributed by atoms with Crippen molar-refractivity contribution in [1.82, 2.24) is 20.4 Å². The molecular weight excluding hydrogens is 388 g/mol. The van der Waals surface area contributed by atoms with E-state index in [1.807, 2.05) is 38.1 Å². The molecule has 9 nitrogen and oxygen atoms in total. The molecule has 3 amide bonds. The minimum absolute atomic E-state index is 0.0942. The standard InChI is InChI=1S/C21H28N4O5/c1-13(2)22-21(28)23-19(26)12-30-20(27)10-9-18-14(3)24-25(15(18)4)16-7-6-8-17(11-16)29-5/h6-8,11,13H,9-10,12H2,1-5H3,(H2,22,23,26,28). The van der Waals surface area contributed by atoms with E-state index in [0.29, 0.717) is 6.42 Å². The topological polar surface area (TPSA) is 112 Å². The number of hydrogen-bond donors (Lipinski definition) is 2. The zero-order valence-electron chi connectivity index (χ0n) is 17.9. The predicted molar refractivity (Wildman–Crippen MR) is 111 cm³/mol. The van der Waals surface area contributed by atoms with Gasteiger partial charge in [0.25, 0.3) is 5.91 Å². The summed E-state index contributed by atoms with van der Waals surface area (Å²) in [6.45, 7) is 6.84. The molecule has 2 aromatic rings. The quantitative estimate of drug-likeness (QED) is 0.638. The summed E-state index contributed by atoms with van der Waals surface area (Å²) in [5.74, 6) is -0.479. The molecule has 0 aliphatic carbocycles. The normalized spacial score (nSPS) is 10.6. The molecule has 1 aromatic carbocycles. The van der Waals surface area contributed by atoms with Crippen molar-refractivity contribution in [3.8, 4) is 11.4 Å². The first kappa shape index (κ1) is 22.9. The van der Waals surface area contributed by atoms with Gasteiger partial charge in [0.1, 0.15) is 5.75 Å². The second-order valence-electron chi connectivity index (χ2n) is 7.10. The van der Waals surface area contributed by atoms with Gasteiger partial charge in [0, 0.05) is 24.2 Å². The van der Waals surface area contributed by atoms with E-state index in [4.69, 9.17) is 9.47 Å². The molecule has 0 bridgehead atoms. The Balaban J connectivity index is 1.91. The molecule has 0 fully saturated rings. The average Bonchev–Trinajstić information content (AvgIpc) is 2.97. The maximum absolute atomic E-state index is 12.0. The summed E-state index contributed by atoms with van der Waals surface area (Å²) in [7, 11) is 1.61. The van der Waals surface area contributed by atoms with E-state index in [-0.39, 0.29) is 12.5 Å². The zero-order valence-corrected chi connectivity index (χ0v) is 17.9. The average molecular weight is 416 g/mol. The monoisotopic (exact) mass is 416 g/mol. The number of carbonyl (C=O) groups is 3. The second-order valence-corrected chi connectivity index (χ2v) is 7.10. The van der Waals surface area contributed by atoms with Crippen LogP contribution in [0, 0.1) is 13.8 Å². The Morgan fingerprint density at radius 3 is 2.60 bits per heavy atom. The first-order chi connectivity index (χ1) is 14.2. The molecule has 0 aliphatic rings. The van der Waals surface area contributed by atoms with Crippen molar-refractivity contribution >= 4 is 17.9 Å². The van der Waals surface area contributed by atoms with Crippen molar-refractivity contribution in [3.63, 3.8) is 0 Å². The molecule has 0 unspecified atom stereocenters. The number of benzene rings is 1. The summed E-state index contributed by atoms with van der Waals surface area (Å²) in [5.41, 5.74) is 3.53. The molecule has 0 saturated heterocycles. The molecular formula is C21H28N4O5. The molecule has 2 rings (SSSR count). The third-order valence-electron chi connectivity index (χ3n) is 4.36. The van der Waals surface area contributed by atoms with Gasteiger partial charge in [0.05, 0.1) is 18.5 Å². The van der Waals surface area contributed by atoms with Crippen LogP contribution in [0.15, 0.2) is 24.3 Å². The number of ether oxygens (including phenoxy) is 2. The molecule has 0 aliphatic heterocycles. The highest BCUT2D eigenvalue weighted by Gasteiger charge is 2.16. The number of imide groups is 1. The maximum atomic E-state index is 12.0. The van der Waals surface area contributed by atoms with E-state index < -0.39 is 24.5 Å². The number of nitrogens with one attached hydrogen (secondary N) is 2. The number of amides is 3. The van der Waals surface area contributed by atoms with Crippen LogP contribution in [0.5, 0.6) is 5.75 Å². The summed E-state index contributed by atoms with van der Waals surface area (Å²) < 4.78 is 12.0. The Morgan fingerprint density at radius 1 is 1.20 bits per heavy atom. The number of nitrogens with zero attached hydrogens (tertiary/aromatic N) is 2. The Kier molecular flexibility index (Phi) is 7.97. The van der Waals surface area contributed by atoms with Gasteiger partial charge in [-0.3, -0.25) is 14.9 Å². The molecule has 1 heterocycles. The van der Waals surface area contributed by atoms with E-state index in [2.05, 4.69) is 15.7 Å². The lowest BCUT2D eigenvalue weighted by atomic mass is 10.1. The maximum Gasteiger partial charge on any atom is 0.321 e. The predicted octanol–water partition coefficient (Wildman–Crippen LogP) is 2.21. The van der Waals surface area contributed by atoms with Crippen LogP contribution in [0.25, 0.3) is 5.69 Å². The lowest BCUT2D eigenvalue weighted by Gasteiger charge is -2.09. The van der Waals surface area contributed by atoms with Crippen LogP contribution in [0.2, 0.25) is 0 Å². The fourth-order valence-electron chi connectivity index (χ4n) is 2.94. The minimum Gasteiger partial charge on any atom is -0.497 e. The molecule has 30 heavy (non-hydrogen) atoms. The van der Waals surface area contributed by atoms with Gasteiger partial charge in [0.2, 0.25) is 0 Å². The zero-order chi connectivity index (χ0) is 22.3. The summed E-state index contributed by atoms with van der Waals surface area (Å²) in [4.78, 5) is 35.1. The number of rotatable bonds is 8. The molecule has 1 aromatic heterocycles. The summed E-state index contributed by atoms with van der Waals surface area (Å²) >= 11 is 0. The highest BCUT2D eigenvalue weighted by atomic mass is 16.5. The number of hydrogen-bond acceptors (Lipinski definition) is 6. The smallest absolute Gasteiger partial charge is 0.321 e. The third kappa shape index (κ3) is 6.33. The van der Waals surface area contributed by atoms with Gasteiger partial charge in [-0.2, -0.15) is 5.10 Å². The van der Waals surface area contributed by atoms with Gasteiger partial charge in [0.15, 0.2) is 6.61 Å². The van der Waals surface area contributed by atoms with Crippen molar-refractivity contribution in [3.05, 3.63) is 41.2 Å². The molecule has 2 N–H and O–H groups in total. The van der Waals surface area contributed by atoms with Gasteiger partial charge < -0.3 is 14.8 Å². The van der Waals surface area contributed by atoms with Crippen LogP contribution in [-0.4, -0.2) is 47.4 Å². The van der Waals surface area contributed by atoms with Crippen LogP contribution in [0.1, 0.15) is 37.2 Å². The van der Waals surface area contributed by atoms with Crippen LogP contribution < -0.4 is 15.4 Å². The van der Waals surface area contributed by atoms with Gasteiger partial charge in [-0.15, -0.1) is 0 Å². The molecule has 0 atom stereocenters. The fourth-order valence-corrected chi connectivity index (χ4v) is 2.94. The van der Waals surface area contributed by atoms with Gasteiger partial charge >= 0.3 is 12.0 Å². The van der Waals surface area contributed by atoms with Crippen LogP contribution in [-0.2, 0) is 20.7 Å². The first-order valence-corrected chi connectivity index (χ1v) is 9.66. The Bertz CT molecular complexity index is 920. The lowest BCUT2D eigenvalue weighted by Crippen LogP contribution is -2.44. The SMILES string of the molecule is COc1cccc(-n2nc(C)c(CCC(=O)OCC(=O)NC(=O)NC(C)C)c2C)c1. The number of carbonyl (C=O) groups excluding carboxylic acids is 3. The Hall–Kier alpha value is -3.36. The number of methoxy groups -OCH3 is 1. The lowest BCUT2D eigenvalue weighted by molar-refractivity contribution is -0.148. The van der Waals surface area contributed by atoms with Crippen LogP contribution in [0.4, 0.5) is 4.79 Å². The molecule has 0 spiro atoms. The molecule has 0 saturated carbocycles. The molecule has 162 valence electrons. The largest absolute Gasteiger partial charge is 0.497 e. The van der Waals surface area contributed by atoms with E-state index in [1.165, 1.54) is 0 Å². The van der Waals surface area contributed by atoms with Gasteiger partial charge in [-0.05, 0) is 51.8 Å². The highest BCUT2D eigenvalue weighted by Crippen LogP contribution is 2.22. The number of esters is 1. The van der Waals surface area contributed by atoms with Crippen molar-refractivity contribution < 1.29 is 23.9 Å². The summed E-state index contributed by atoms with van der Waals surface area (Å²) in [6.07, 6.45) is 0.521. The van der Waals surface area contributed by atoms with E-state index in [0.717, 1.165) is 28.4 Å². The third-order valence-corrected chi connectivity index (χ3v) is 4.36. The number of urea groups is 1. The minimum atomic E-state index is -0.681. The van der Waals surface area contributed by atoms with E-state index >= 15 is 0 Å². The van der Waals surface area contributed by atoms with E-state index in [9.17, 15) is 14.4 Å². The van der Waals surface area contributed by atoms with Crippen molar-refractivity contribution in [1.29, 1.82) is 0 Å². The summed E-state index contributed by atoms with van der Waals surface area (Å²) in [5, 5.41) is 9.18. The first-order valence-electron chi connectivity index (χ1n) is 9.66. The van der Waals surface area contributed by atoms with Crippen molar-refractivity contribution in [2.24, 2.45) is 0 Å². The Labute approximate surface area is 175 Å². The van der Waals surface area contributed by atoms with Crippen LogP contribution >= 0.6 is 0 Å². The Morgan fingerprint density at radius 2 is 1.93 bits per heavy atom. The van der Waals surface area contributed by atoms with Crippen molar-refractivity contribution in [2.75, 3.05) is 13.7 Å².